The molecule has 3 nitrogen and oxygen atoms in total. The van der Waals surface area contributed by atoms with Gasteiger partial charge in [-0.2, -0.15) is 5.10 Å². The van der Waals surface area contributed by atoms with Gasteiger partial charge in [0.1, 0.15) is 0 Å². The van der Waals surface area contributed by atoms with Crippen LogP contribution >= 0.6 is 0 Å². The quantitative estimate of drug-likeness (QED) is 0.471. The fraction of sp³-hybridized carbons (Fsp3) is 0.182. The number of benzene rings is 2. The smallest absolute Gasteiger partial charge is 0.243 e. The van der Waals surface area contributed by atoms with Crippen LogP contribution in [0.5, 0.6) is 0 Å². The second-order valence-corrected chi connectivity index (χ2v) is 6.22. The maximum absolute atomic E-state index is 12.2. The van der Waals surface area contributed by atoms with Gasteiger partial charge in [-0.05, 0) is 36.5 Å². The molecule has 25 heavy (non-hydrogen) atoms. The van der Waals surface area contributed by atoms with Gasteiger partial charge in [-0.15, -0.1) is 0 Å². The molecule has 126 valence electrons. The maximum atomic E-state index is 12.2. The van der Waals surface area contributed by atoms with Crippen molar-refractivity contribution in [1.29, 1.82) is 0 Å². The average Bonchev–Trinajstić information content (AvgIpc) is 3.46. The van der Waals surface area contributed by atoms with Gasteiger partial charge in [0.25, 0.3) is 0 Å². The van der Waals surface area contributed by atoms with Crippen molar-refractivity contribution in [3.8, 4) is 0 Å². The molecule has 1 aliphatic rings. The molecule has 1 amide bonds. The Hall–Kier alpha value is -2.94. The largest absolute Gasteiger partial charge is 0.273 e. The van der Waals surface area contributed by atoms with Crippen LogP contribution < -0.4 is 5.43 Å². The Balaban J connectivity index is 1.46. The second-order valence-electron chi connectivity index (χ2n) is 6.22. The predicted octanol–water partition coefficient (Wildman–Crippen LogP) is 4.55. The van der Waals surface area contributed by atoms with Gasteiger partial charge >= 0.3 is 0 Å². The molecule has 0 saturated heterocycles. The number of carbonyl (C=O) groups excluding carboxylic acids is 1. The molecular weight excluding hydrogens is 308 g/mol. The van der Waals surface area contributed by atoms with Crippen LogP contribution in [0.15, 0.2) is 84.0 Å². The molecule has 0 spiro atoms. The van der Waals surface area contributed by atoms with E-state index in [-0.39, 0.29) is 11.8 Å². The van der Waals surface area contributed by atoms with Gasteiger partial charge in [-0.3, -0.25) is 4.79 Å². The molecule has 1 N–H and O–H groups in total. The van der Waals surface area contributed by atoms with Crippen LogP contribution in [0.1, 0.15) is 30.4 Å². The van der Waals surface area contributed by atoms with Gasteiger partial charge < -0.3 is 0 Å². The summed E-state index contributed by atoms with van der Waals surface area (Å²) < 4.78 is 0. The minimum atomic E-state index is 0.00132. The molecular formula is C22H22N2O. The molecule has 2 atom stereocenters. The minimum absolute atomic E-state index is 0.00132. The van der Waals surface area contributed by atoms with Crippen LogP contribution in [-0.4, -0.2) is 11.6 Å². The predicted molar refractivity (Wildman–Crippen MR) is 103 cm³/mol. The van der Waals surface area contributed by atoms with E-state index in [0.29, 0.717) is 5.92 Å². The van der Waals surface area contributed by atoms with Crippen molar-refractivity contribution < 1.29 is 4.79 Å². The molecule has 3 rings (SSSR count). The zero-order valence-corrected chi connectivity index (χ0v) is 14.3. The summed E-state index contributed by atoms with van der Waals surface area (Å²) in [6.07, 6.45) is 8.68. The van der Waals surface area contributed by atoms with Gasteiger partial charge in [-0.1, -0.05) is 78.9 Å². The number of nitrogens with zero attached hydrogens (tertiary/aromatic N) is 1. The van der Waals surface area contributed by atoms with Crippen LogP contribution in [0.25, 0.3) is 6.08 Å². The Labute approximate surface area is 148 Å². The highest BCUT2D eigenvalue weighted by Gasteiger charge is 2.43. The van der Waals surface area contributed by atoms with Gasteiger partial charge in [0.05, 0.1) is 5.71 Å². The van der Waals surface area contributed by atoms with Crippen LogP contribution in [0, 0.1) is 5.92 Å². The van der Waals surface area contributed by atoms with Crippen molar-refractivity contribution in [3.05, 3.63) is 90.0 Å². The standard InChI is InChI=1S/C22H22N2O/c1-17(10-8-9-13-18-11-4-2-5-12-18)23-24-22(25)21-16-20(21)19-14-6-3-7-15-19/h2-15,20-21H,16H2,1H3,(H,24,25)/b10-8+,13-9+,23-17-. The molecule has 1 aliphatic carbocycles. The zero-order chi connectivity index (χ0) is 17.5. The first-order valence-electron chi connectivity index (χ1n) is 8.53. The number of hydrogen-bond acceptors (Lipinski definition) is 2. The second kappa shape index (κ2) is 8.25. The Bertz CT molecular complexity index is 791. The van der Waals surface area contributed by atoms with E-state index in [0.717, 1.165) is 17.7 Å². The molecule has 2 aromatic rings. The fourth-order valence-electron chi connectivity index (χ4n) is 2.74. The Morgan fingerprint density at radius 2 is 1.72 bits per heavy atom. The van der Waals surface area contributed by atoms with Gasteiger partial charge in [0, 0.05) is 5.92 Å². The van der Waals surface area contributed by atoms with E-state index in [1.165, 1.54) is 5.56 Å². The fourth-order valence-corrected chi connectivity index (χ4v) is 2.74. The molecule has 0 aliphatic heterocycles. The van der Waals surface area contributed by atoms with Gasteiger partial charge in [0.15, 0.2) is 0 Å². The van der Waals surface area contributed by atoms with E-state index in [2.05, 4.69) is 22.7 Å². The van der Waals surface area contributed by atoms with E-state index < -0.39 is 0 Å². The summed E-state index contributed by atoms with van der Waals surface area (Å²) in [4.78, 5) is 12.2. The third-order valence-electron chi connectivity index (χ3n) is 4.23. The summed E-state index contributed by atoms with van der Waals surface area (Å²) in [5, 5.41) is 4.15. The van der Waals surface area contributed by atoms with E-state index in [1.54, 1.807) is 0 Å². The lowest BCUT2D eigenvalue weighted by Crippen LogP contribution is -2.21. The van der Waals surface area contributed by atoms with Crippen molar-refractivity contribution in [3.63, 3.8) is 0 Å². The first-order chi connectivity index (χ1) is 12.2. The molecule has 0 radical (unpaired) electrons. The molecule has 0 heterocycles. The van der Waals surface area contributed by atoms with Crippen LogP contribution in [-0.2, 0) is 4.79 Å². The highest BCUT2D eigenvalue weighted by Crippen LogP contribution is 2.47. The summed E-state index contributed by atoms with van der Waals surface area (Å²) in [7, 11) is 0. The summed E-state index contributed by atoms with van der Waals surface area (Å²) in [5.74, 6) is 0.378. The lowest BCUT2D eigenvalue weighted by atomic mass is 10.1. The highest BCUT2D eigenvalue weighted by molar-refractivity contribution is 5.94. The van der Waals surface area contributed by atoms with Crippen LogP contribution in [0.2, 0.25) is 0 Å². The SMILES string of the molecule is CC(/C=C/C=C/c1ccccc1)=N/NC(=O)C1CC1c1ccccc1. The molecule has 3 heteroatoms. The molecule has 1 fully saturated rings. The number of rotatable bonds is 6. The van der Waals surface area contributed by atoms with Crippen molar-refractivity contribution in [1.82, 2.24) is 5.43 Å². The van der Waals surface area contributed by atoms with Crippen molar-refractivity contribution >= 4 is 17.7 Å². The summed E-state index contributed by atoms with van der Waals surface area (Å²) in [6, 6.07) is 20.3. The van der Waals surface area contributed by atoms with Gasteiger partial charge in [0.2, 0.25) is 5.91 Å². The van der Waals surface area contributed by atoms with E-state index in [1.807, 2.05) is 79.8 Å². The molecule has 1 saturated carbocycles. The molecule has 2 aromatic carbocycles. The molecule has 0 aromatic heterocycles. The summed E-state index contributed by atoms with van der Waals surface area (Å²) >= 11 is 0. The van der Waals surface area contributed by atoms with Crippen LogP contribution in [0.3, 0.4) is 0 Å². The zero-order valence-electron chi connectivity index (χ0n) is 14.3. The van der Waals surface area contributed by atoms with Gasteiger partial charge in [-0.25, -0.2) is 5.43 Å². The van der Waals surface area contributed by atoms with Crippen molar-refractivity contribution in [2.24, 2.45) is 11.0 Å². The first-order valence-corrected chi connectivity index (χ1v) is 8.53. The van der Waals surface area contributed by atoms with Crippen molar-refractivity contribution in [2.45, 2.75) is 19.3 Å². The Kier molecular flexibility index (Phi) is 5.57. The number of amides is 1. The third-order valence-corrected chi connectivity index (χ3v) is 4.23. The lowest BCUT2D eigenvalue weighted by Gasteiger charge is -2.00. The third kappa shape index (κ3) is 5.01. The van der Waals surface area contributed by atoms with Crippen LogP contribution in [0.4, 0.5) is 0 Å². The average molecular weight is 330 g/mol. The topological polar surface area (TPSA) is 41.5 Å². The molecule has 0 bridgehead atoms. The summed E-state index contributed by atoms with van der Waals surface area (Å²) in [6.45, 7) is 1.87. The maximum Gasteiger partial charge on any atom is 0.243 e. The first kappa shape index (κ1) is 16.9. The normalized spacial score (nSPS) is 20.1. The minimum Gasteiger partial charge on any atom is -0.273 e. The number of nitrogens with one attached hydrogen (secondary N) is 1. The Morgan fingerprint density at radius 1 is 1.04 bits per heavy atom. The summed E-state index contributed by atoms with van der Waals surface area (Å²) in [5.41, 5.74) is 5.82. The van der Waals surface area contributed by atoms with Crippen molar-refractivity contribution in [2.75, 3.05) is 0 Å². The number of carbonyl (C=O) groups is 1. The number of hydrazone groups is 1. The monoisotopic (exact) mass is 330 g/mol. The van der Waals surface area contributed by atoms with E-state index >= 15 is 0 Å². The number of allylic oxidation sites excluding steroid dienone is 3. The highest BCUT2D eigenvalue weighted by atomic mass is 16.2. The van der Waals surface area contributed by atoms with E-state index in [9.17, 15) is 4.79 Å². The molecule has 2 unspecified atom stereocenters. The lowest BCUT2D eigenvalue weighted by molar-refractivity contribution is -0.122. The number of hydrogen-bond donors (Lipinski definition) is 1. The van der Waals surface area contributed by atoms with E-state index in [4.69, 9.17) is 0 Å². The Morgan fingerprint density at radius 3 is 2.44 bits per heavy atom.